The van der Waals surface area contributed by atoms with E-state index in [9.17, 15) is 4.79 Å². The van der Waals surface area contributed by atoms with Crippen molar-refractivity contribution in [3.05, 3.63) is 58.6 Å². The van der Waals surface area contributed by atoms with Crippen molar-refractivity contribution in [1.29, 1.82) is 0 Å². The number of carbonyl (C=O) groups excluding carboxylic acids is 1. The summed E-state index contributed by atoms with van der Waals surface area (Å²) in [6.07, 6.45) is 0.571. The van der Waals surface area contributed by atoms with Gasteiger partial charge in [-0.05, 0) is 44.2 Å². The van der Waals surface area contributed by atoms with Crippen molar-refractivity contribution in [1.82, 2.24) is 29.4 Å². The van der Waals surface area contributed by atoms with Crippen LogP contribution < -0.4 is 19.5 Å². The topological polar surface area (TPSA) is 118 Å². The fraction of sp³-hybridized carbons (Fsp3) is 0.296. The molecule has 5 aromatic rings. The molecule has 1 amide bonds. The van der Waals surface area contributed by atoms with Crippen molar-refractivity contribution < 1.29 is 19.0 Å². The van der Waals surface area contributed by atoms with Gasteiger partial charge in [-0.15, -0.1) is 5.10 Å². The second-order valence-electron chi connectivity index (χ2n) is 8.97. The fourth-order valence-corrected chi connectivity index (χ4v) is 5.33. The van der Waals surface area contributed by atoms with Gasteiger partial charge in [-0.3, -0.25) is 9.48 Å². The zero-order valence-corrected chi connectivity index (χ0v) is 24.3. The van der Waals surface area contributed by atoms with E-state index in [4.69, 9.17) is 40.9 Å². The van der Waals surface area contributed by atoms with E-state index in [-0.39, 0.29) is 11.7 Å². The summed E-state index contributed by atoms with van der Waals surface area (Å²) in [5.74, 6) is 2.13. The summed E-state index contributed by atoms with van der Waals surface area (Å²) in [6, 6.07) is 10.7. The number of nitrogens with zero attached hydrogens (tertiary/aromatic N) is 6. The largest absolute Gasteiger partial charge is 0.495 e. The van der Waals surface area contributed by atoms with E-state index in [2.05, 4.69) is 10.4 Å². The Morgan fingerprint density at radius 2 is 1.73 bits per heavy atom. The average Bonchev–Trinajstić information content (AvgIpc) is 3.51. The zero-order valence-electron chi connectivity index (χ0n) is 22.7. The van der Waals surface area contributed by atoms with Crippen LogP contribution in [0.1, 0.15) is 17.2 Å². The van der Waals surface area contributed by atoms with E-state index in [1.807, 2.05) is 30.7 Å². The van der Waals surface area contributed by atoms with Gasteiger partial charge in [0, 0.05) is 35.8 Å². The first-order chi connectivity index (χ1) is 19.3. The highest BCUT2D eigenvalue weighted by Gasteiger charge is 2.18. The fourth-order valence-electron chi connectivity index (χ4n) is 4.33. The lowest BCUT2D eigenvalue weighted by atomic mass is 10.2. The van der Waals surface area contributed by atoms with Crippen LogP contribution in [0.4, 0.5) is 5.69 Å². The van der Waals surface area contributed by atoms with Crippen LogP contribution in [-0.2, 0) is 17.8 Å². The van der Waals surface area contributed by atoms with Gasteiger partial charge in [-0.2, -0.15) is 9.61 Å². The number of thioether (sulfide) groups is 1. The van der Waals surface area contributed by atoms with Crippen molar-refractivity contribution in [2.45, 2.75) is 32.0 Å². The Labute approximate surface area is 239 Å². The van der Waals surface area contributed by atoms with Crippen molar-refractivity contribution in [2.24, 2.45) is 0 Å². The van der Waals surface area contributed by atoms with Crippen LogP contribution in [0.3, 0.4) is 0 Å². The van der Waals surface area contributed by atoms with Crippen molar-refractivity contribution in [3.8, 4) is 17.2 Å². The minimum atomic E-state index is -0.224. The number of nitrogens with one attached hydrogen (secondary N) is 1. The Bertz CT molecular complexity index is 1720. The Morgan fingerprint density at radius 1 is 0.975 bits per heavy atom. The van der Waals surface area contributed by atoms with Gasteiger partial charge in [-0.1, -0.05) is 23.4 Å². The van der Waals surface area contributed by atoms with Crippen LogP contribution >= 0.6 is 23.4 Å². The van der Waals surface area contributed by atoms with E-state index in [0.29, 0.717) is 63.1 Å². The molecular weight excluding hydrogens is 554 g/mol. The lowest BCUT2D eigenvalue weighted by molar-refractivity contribution is -0.113. The minimum Gasteiger partial charge on any atom is -0.495 e. The second kappa shape index (κ2) is 11.6. The average molecular weight is 582 g/mol. The summed E-state index contributed by atoms with van der Waals surface area (Å²) in [5, 5.41) is 13.8. The third-order valence-corrected chi connectivity index (χ3v) is 7.43. The highest BCUT2D eigenvalue weighted by molar-refractivity contribution is 7.99. The maximum Gasteiger partial charge on any atom is 0.234 e. The molecule has 0 aliphatic rings. The molecule has 0 spiro atoms. The Balaban J connectivity index is 1.45. The number of ether oxygens (including phenoxy) is 3. The van der Waals surface area contributed by atoms with Crippen LogP contribution in [0.2, 0.25) is 5.02 Å². The first-order valence-corrected chi connectivity index (χ1v) is 13.7. The number of anilines is 1. The predicted molar refractivity (Wildman–Crippen MR) is 154 cm³/mol. The number of carbonyl (C=O) groups is 1. The molecule has 0 aliphatic carbocycles. The van der Waals surface area contributed by atoms with Gasteiger partial charge in [0.1, 0.15) is 5.75 Å². The first kappa shape index (κ1) is 27.5. The predicted octanol–water partition coefficient (Wildman–Crippen LogP) is 4.74. The second-order valence-corrected chi connectivity index (χ2v) is 10.3. The Kier molecular flexibility index (Phi) is 7.99. The number of fused-ring (bicyclic) bond motifs is 3. The SMILES string of the molecule is COc1ccc(NC(=O)CSc2nc3cc(OC)c(OC)cc3c3nc(CCn4nc(C)cc4C)nn23)cc1Cl. The molecule has 0 aliphatic heterocycles. The van der Waals surface area contributed by atoms with Gasteiger partial charge in [-0.25, -0.2) is 9.97 Å². The van der Waals surface area contributed by atoms with E-state index in [0.717, 1.165) is 16.8 Å². The Morgan fingerprint density at radius 3 is 2.40 bits per heavy atom. The molecule has 1 N–H and O–H groups in total. The molecular formula is C27H28ClN7O4S. The number of hydrogen-bond donors (Lipinski definition) is 1. The number of halogens is 1. The summed E-state index contributed by atoms with van der Waals surface area (Å²) in [6.45, 7) is 4.62. The first-order valence-electron chi connectivity index (χ1n) is 12.4. The molecule has 5 rings (SSSR count). The standard InChI is InChI=1S/C27H28ClN7O4S/c1-15-10-16(2)34(32-15)9-8-24-31-26-18-12-22(38-4)23(39-5)13-20(18)30-27(35(26)33-24)40-14-25(36)29-17-6-7-21(37-3)19(28)11-17/h6-7,10-13H,8-9,14H2,1-5H3,(H,29,36). The molecule has 0 fully saturated rings. The highest BCUT2D eigenvalue weighted by Crippen LogP contribution is 2.34. The molecule has 0 unspecified atom stereocenters. The van der Waals surface area contributed by atoms with Gasteiger partial charge < -0.3 is 19.5 Å². The number of methoxy groups -OCH3 is 3. The molecule has 3 aromatic heterocycles. The zero-order chi connectivity index (χ0) is 28.4. The summed E-state index contributed by atoms with van der Waals surface area (Å²) in [7, 11) is 4.69. The molecule has 0 bridgehead atoms. The van der Waals surface area contributed by atoms with Crippen molar-refractivity contribution in [3.63, 3.8) is 0 Å². The van der Waals surface area contributed by atoms with E-state index >= 15 is 0 Å². The molecule has 2 aromatic carbocycles. The lowest BCUT2D eigenvalue weighted by Crippen LogP contribution is -2.14. The normalized spacial score (nSPS) is 11.2. The van der Waals surface area contributed by atoms with Crippen LogP contribution in [0, 0.1) is 13.8 Å². The number of aromatic nitrogens is 6. The van der Waals surface area contributed by atoms with Crippen LogP contribution in [-0.4, -0.2) is 62.4 Å². The molecule has 3 heterocycles. The summed E-state index contributed by atoms with van der Waals surface area (Å²) < 4.78 is 19.8. The maximum absolute atomic E-state index is 12.8. The van der Waals surface area contributed by atoms with Gasteiger partial charge in [0.05, 0.1) is 43.3 Å². The van der Waals surface area contributed by atoms with Gasteiger partial charge in [0.25, 0.3) is 0 Å². The number of aryl methyl sites for hydroxylation is 4. The third kappa shape index (κ3) is 5.63. The van der Waals surface area contributed by atoms with Gasteiger partial charge in [0.15, 0.2) is 28.1 Å². The maximum atomic E-state index is 12.8. The van der Waals surface area contributed by atoms with E-state index < -0.39 is 0 Å². The third-order valence-electron chi connectivity index (χ3n) is 6.21. The van der Waals surface area contributed by atoms with Crippen LogP contribution in [0.15, 0.2) is 41.6 Å². The molecule has 40 heavy (non-hydrogen) atoms. The number of amides is 1. The molecule has 11 nitrogen and oxygen atoms in total. The number of rotatable bonds is 10. The lowest BCUT2D eigenvalue weighted by Gasteiger charge is -2.11. The van der Waals surface area contributed by atoms with Crippen LogP contribution in [0.25, 0.3) is 16.6 Å². The summed E-state index contributed by atoms with van der Waals surface area (Å²) >= 11 is 7.45. The number of benzene rings is 2. The summed E-state index contributed by atoms with van der Waals surface area (Å²) in [4.78, 5) is 22.5. The van der Waals surface area contributed by atoms with Gasteiger partial charge in [0.2, 0.25) is 5.91 Å². The van der Waals surface area contributed by atoms with Gasteiger partial charge >= 0.3 is 0 Å². The Hall–Kier alpha value is -4.03. The van der Waals surface area contributed by atoms with E-state index in [1.54, 1.807) is 43.0 Å². The number of hydrogen-bond acceptors (Lipinski definition) is 9. The smallest absolute Gasteiger partial charge is 0.234 e. The molecule has 0 saturated carbocycles. The van der Waals surface area contributed by atoms with Crippen molar-refractivity contribution in [2.75, 3.05) is 32.4 Å². The minimum absolute atomic E-state index is 0.0888. The molecule has 13 heteroatoms. The monoisotopic (exact) mass is 581 g/mol. The molecule has 208 valence electrons. The summed E-state index contributed by atoms with van der Waals surface area (Å²) in [5.41, 5.74) is 3.86. The van der Waals surface area contributed by atoms with E-state index in [1.165, 1.54) is 18.9 Å². The van der Waals surface area contributed by atoms with Crippen molar-refractivity contribution >= 4 is 51.5 Å². The highest BCUT2D eigenvalue weighted by atomic mass is 35.5. The molecule has 0 atom stereocenters. The molecule has 0 saturated heterocycles. The molecule has 0 radical (unpaired) electrons. The quantitative estimate of drug-likeness (QED) is 0.184. The van der Waals surface area contributed by atoms with Crippen LogP contribution in [0.5, 0.6) is 17.2 Å².